The summed E-state index contributed by atoms with van der Waals surface area (Å²) in [6.45, 7) is 3.58. The molecular weight excluding hydrogens is 398 g/mol. The third-order valence-corrected chi connectivity index (χ3v) is 4.28. The van der Waals surface area contributed by atoms with Crippen LogP contribution in [0, 0.1) is 0 Å². The Kier molecular flexibility index (Phi) is 6.91. The molecule has 0 bridgehead atoms. The zero-order valence-corrected chi connectivity index (χ0v) is 16.1. The van der Waals surface area contributed by atoms with Gasteiger partial charge in [0, 0.05) is 22.1 Å². The second-order valence-electron chi connectivity index (χ2n) is 5.65. The number of carbonyl (C=O) groups is 2. The summed E-state index contributed by atoms with van der Waals surface area (Å²) in [5.74, 6) is -0.459. The smallest absolute Gasteiger partial charge is 0.272 e. The van der Waals surface area contributed by atoms with Crippen LogP contribution < -0.4 is 10.7 Å². The molecule has 26 heavy (non-hydrogen) atoms. The van der Waals surface area contributed by atoms with E-state index in [2.05, 4.69) is 31.8 Å². The Hall–Kier alpha value is -2.67. The van der Waals surface area contributed by atoms with Gasteiger partial charge < -0.3 is 10.4 Å². The van der Waals surface area contributed by atoms with Crippen LogP contribution in [0.2, 0.25) is 0 Å². The molecule has 0 aliphatic carbocycles. The molecule has 0 spiro atoms. The maximum Gasteiger partial charge on any atom is 0.272 e. The average molecular weight is 418 g/mol. The quantitative estimate of drug-likeness (QED) is 0.376. The Morgan fingerprint density at radius 2 is 1.88 bits per heavy atom. The van der Waals surface area contributed by atoms with Crippen molar-refractivity contribution in [2.75, 3.05) is 5.32 Å². The van der Waals surface area contributed by atoms with Crippen LogP contribution in [0.4, 0.5) is 5.69 Å². The lowest BCUT2D eigenvalue weighted by molar-refractivity contribution is -0.116. The van der Waals surface area contributed by atoms with Gasteiger partial charge in [-0.05, 0) is 59.6 Å². The summed E-state index contributed by atoms with van der Waals surface area (Å²) in [7, 11) is 0. The Bertz CT molecular complexity index is 850. The summed E-state index contributed by atoms with van der Waals surface area (Å²) in [5.41, 5.74) is 4.31. The van der Waals surface area contributed by atoms with Crippen molar-refractivity contribution in [3.8, 4) is 5.75 Å². The van der Waals surface area contributed by atoms with E-state index in [0.717, 1.165) is 6.42 Å². The molecule has 0 heterocycles. The summed E-state index contributed by atoms with van der Waals surface area (Å²) in [5, 5.41) is 16.9. The first-order chi connectivity index (χ1) is 12.4. The molecule has 0 saturated heterocycles. The van der Waals surface area contributed by atoms with E-state index in [0.29, 0.717) is 33.4 Å². The van der Waals surface area contributed by atoms with Crippen LogP contribution in [0.3, 0.4) is 0 Å². The highest BCUT2D eigenvalue weighted by Crippen LogP contribution is 2.22. The van der Waals surface area contributed by atoms with Crippen LogP contribution in [0.5, 0.6) is 5.75 Å². The fourth-order valence-corrected chi connectivity index (χ4v) is 2.72. The monoisotopic (exact) mass is 417 g/mol. The minimum absolute atomic E-state index is 0.00915. The molecule has 136 valence electrons. The lowest BCUT2D eigenvalue weighted by Crippen LogP contribution is -2.20. The number of halogens is 1. The van der Waals surface area contributed by atoms with Crippen molar-refractivity contribution in [3.05, 3.63) is 58.1 Å². The molecule has 0 fully saturated rings. The Labute approximate surface area is 160 Å². The molecule has 6 nitrogen and oxygen atoms in total. The Balaban J connectivity index is 2.16. The number of hydrazone groups is 1. The number of phenolic OH excluding ortho intramolecular Hbond substituents is 1. The van der Waals surface area contributed by atoms with Gasteiger partial charge in [-0.3, -0.25) is 9.59 Å². The second kappa shape index (κ2) is 9.15. The molecule has 0 saturated carbocycles. The number of phenols is 1. The normalized spacial score (nSPS) is 11.1. The number of hydrogen-bond donors (Lipinski definition) is 3. The van der Waals surface area contributed by atoms with Crippen LogP contribution in [0.25, 0.3) is 0 Å². The number of anilines is 1. The van der Waals surface area contributed by atoms with E-state index in [-0.39, 0.29) is 17.6 Å². The van der Waals surface area contributed by atoms with Gasteiger partial charge >= 0.3 is 0 Å². The molecule has 7 heteroatoms. The molecule has 0 aliphatic rings. The fraction of sp³-hybridized carbons (Fsp3) is 0.211. The molecule has 2 amide bonds. The molecule has 0 radical (unpaired) electrons. The summed E-state index contributed by atoms with van der Waals surface area (Å²) in [4.78, 5) is 23.9. The van der Waals surface area contributed by atoms with Crippen LogP contribution in [0.15, 0.2) is 52.0 Å². The molecule has 0 aromatic heterocycles. The zero-order chi connectivity index (χ0) is 19.1. The lowest BCUT2D eigenvalue weighted by Gasteiger charge is -2.09. The van der Waals surface area contributed by atoms with Crippen molar-refractivity contribution in [1.82, 2.24) is 5.43 Å². The lowest BCUT2D eigenvalue weighted by atomic mass is 10.1. The van der Waals surface area contributed by atoms with Crippen molar-refractivity contribution in [2.24, 2.45) is 5.10 Å². The number of benzene rings is 2. The summed E-state index contributed by atoms with van der Waals surface area (Å²) in [6, 6.07) is 11.7. The van der Waals surface area contributed by atoms with E-state index in [4.69, 9.17) is 0 Å². The van der Waals surface area contributed by atoms with Crippen molar-refractivity contribution in [3.63, 3.8) is 0 Å². The maximum atomic E-state index is 12.2. The predicted octanol–water partition coefficient (Wildman–Crippen LogP) is 4.05. The standard InChI is InChI=1S/C19H20BrN3O3/c1-3-6-18(25)21-13-9-10-17(24)15(11-13)12(2)22-23-19(26)14-7-4-5-8-16(14)20/h4-5,7-11,24H,3,6H2,1-2H3,(H,21,25)(H,23,26)/b22-12+. The highest BCUT2D eigenvalue weighted by Gasteiger charge is 2.11. The van der Waals surface area contributed by atoms with E-state index >= 15 is 0 Å². The first-order valence-electron chi connectivity index (χ1n) is 8.14. The number of rotatable bonds is 6. The number of nitrogens with one attached hydrogen (secondary N) is 2. The molecule has 2 rings (SSSR count). The Morgan fingerprint density at radius 1 is 1.15 bits per heavy atom. The molecule has 2 aromatic rings. The number of hydrogen-bond acceptors (Lipinski definition) is 4. The SMILES string of the molecule is CCCC(=O)Nc1ccc(O)c(/C(C)=N/NC(=O)c2ccccc2Br)c1. The third-order valence-electron chi connectivity index (χ3n) is 3.59. The van der Waals surface area contributed by atoms with Gasteiger partial charge in [-0.25, -0.2) is 5.43 Å². The summed E-state index contributed by atoms with van der Waals surface area (Å²) < 4.78 is 0.661. The molecule has 2 aromatic carbocycles. The molecule has 0 unspecified atom stereocenters. The topological polar surface area (TPSA) is 90.8 Å². The molecular formula is C19H20BrN3O3. The average Bonchev–Trinajstić information content (AvgIpc) is 2.61. The minimum Gasteiger partial charge on any atom is -0.507 e. The van der Waals surface area contributed by atoms with E-state index < -0.39 is 0 Å². The molecule has 3 N–H and O–H groups in total. The summed E-state index contributed by atoms with van der Waals surface area (Å²) in [6.07, 6.45) is 1.17. The fourth-order valence-electron chi connectivity index (χ4n) is 2.25. The van der Waals surface area contributed by atoms with E-state index in [1.165, 1.54) is 6.07 Å². The van der Waals surface area contributed by atoms with Crippen LogP contribution in [-0.2, 0) is 4.79 Å². The van der Waals surface area contributed by atoms with Gasteiger partial charge in [-0.15, -0.1) is 0 Å². The maximum absolute atomic E-state index is 12.2. The van der Waals surface area contributed by atoms with Gasteiger partial charge in [0.25, 0.3) is 5.91 Å². The van der Waals surface area contributed by atoms with Crippen LogP contribution >= 0.6 is 15.9 Å². The van der Waals surface area contributed by atoms with Gasteiger partial charge in [0.2, 0.25) is 5.91 Å². The van der Waals surface area contributed by atoms with Crippen molar-refractivity contribution >= 4 is 39.1 Å². The highest BCUT2D eigenvalue weighted by molar-refractivity contribution is 9.10. The minimum atomic E-state index is -0.372. The highest BCUT2D eigenvalue weighted by atomic mass is 79.9. The van der Waals surface area contributed by atoms with Gasteiger partial charge in [-0.1, -0.05) is 19.1 Å². The van der Waals surface area contributed by atoms with Gasteiger partial charge in [0.15, 0.2) is 0 Å². The van der Waals surface area contributed by atoms with Gasteiger partial charge in [0.1, 0.15) is 5.75 Å². The van der Waals surface area contributed by atoms with Crippen molar-refractivity contribution in [2.45, 2.75) is 26.7 Å². The predicted molar refractivity (Wildman–Crippen MR) is 105 cm³/mol. The molecule has 0 aliphatic heterocycles. The van der Waals surface area contributed by atoms with Crippen molar-refractivity contribution in [1.29, 1.82) is 0 Å². The second-order valence-corrected chi connectivity index (χ2v) is 6.50. The largest absolute Gasteiger partial charge is 0.507 e. The molecule has 0 atom stereocenters. The first-order valence-corrected chi connectivity index (χ1v) is 8.94. The van der Waals surface area contributed by atoms with Crippen LogP contribution in [0.1, 0.15) is 42.6 Å². The number of amides is 2. The third kappa shape index (κ3) is 5.16. The van der Waals surface area contributed by atoms with Crippen molar-refractivity contribution < 1.29 is 14.7 Å². The number of nitrogens with zero attached hydrogens (tertiary/aromatic N) is 1. The number of aromatic hydroxyl groups is 1. The Morgan fingerprint density at radius 3 is 2.58 bits per heavy atom. The van der Waals surface area contributed by atoms with E-state index in [1.807, 2.05) is 13.0 Å². The van der Waals surface area contributed by atoms with Gasteiger partial charge in [-0.2, -0.15) is 5.10 Å². The van der Waals surface area contributed by atoms with E-state index in [1.54, 1.807) is 37.3 Å². The number of carbonyl (C=O) groups excluding carboxylic acids is 2. The van der Waals surface area contributed by atoms with Crippen LogP contribution in [-0.4, -0.2) is 22.6 Å². The summed E-state index contributed by atoms with van der Waals surface area (Å²) >= 11 is 3.32. The first kappa shape index (κ1) is 19.7. The zero-order valence-electron chi connectivity index (χ0n) is 14.5. The van der Waals surface area contributed by atoms with Gasteiger partial charge in [0.05, 0.1) is 11.3 Å². The van der Waals surface area contributed by atoms with E-state index in [9.17, 15) is 14.7 Å².